The first-order valence-corrected chi connectivity index (χ1v) is 19.8. The second-order valence-electron chi connectivity index (χ2n) is 17.1. The Labute approximate surface area is 339 Å². The van der Waals surface area contributed by atoms with Crippen LogP contribution in [0, 0.1) is 0 Å². The lowest BCUT2D eigenvalue weighted by molar-refractivity contribution is 0.473. The van der Waals surface area contributed by atoms with Crippen LogP contribution < -0.4 is 29.1 Å². The fourth-order valence-corrected chi connectivity index (χ4v) is 7.95. The van der Waals surface area contributed by atoms with Crippen molar-refractivity contribution >= 4 is 40.0 Å². The van der Waals surface area contributed by atoms with Crippen molar-refractivity contribution in [2.75, 3.05) is 42.3 Å². The Morgan fingerprint density at radius 3 is 1.64 bits per heavy atom. The number of aromatic nitrogens is 1. The molecule has 8 nitrogen and oxygen atoms in total. The minimum Gasteiger partial charge on any atom is -0.457 e. The summed E-state index contributed by atoms with van der Waals surface area (Å²) in [5.41, 5.74) is 11.6. The van der Waals surface area contributed by atoms with Crippen LogP contribution in [0.5, 0.6) is 23.0 Å². The van der Waals surface area contributed by atoms with Crippen molar-refractivity contribution < 1.29 is 9.47 Å². The van der Waals surface area contributed by atoms with E-state index in [2.05, 4.69) is 155 Å². The smallest absolute Gasteiger partial charge is 0.132 e. The van der Waals surface area contributed by atoms with Crippen molar-refractivity contribution in [1.29, 1.82) is 0 Å². The first-order valence-electron chi connectivity index (χ1n) is 19.8. The molecule has 58 heavy (non-hydrogen) atoms. The molecule has 0 aliphatic carbocycles. The second-order valence-corrected chi connectivity index (χ2v) is 17.1. The van der Waals surface area contributed by atoms with E-state index in [1.54, 1.807) is 0 Å². The predicted molar refractivity (Wildman–Crippen MR) is 238 cm³/mol. The number of nitrogens with one attached hydrogen (secondary N) is 1. The fourth-order valence-electron chi connectivity index (χ4n) is 7.95. The molecule has 1 aromatic heterocycles. The van der Waals surface area contributed by atoms with Gasteiger partial charge in [0.05, 0.1) is 77.2 Å². The van der Waals surface area contributed by atoms with Crippen LogP contribution in [0.15, 0.2) is 173 Å². The van der Waals surface area contributed by atoms with Crippen LogP contribution in [0.4, 0.5) is 11.4 Å². The zero-order chi connectivity index (χ0) is 39.8. The summed E-state index contributed by atoms with van der Waals surface area (Å²) in [5.74, 6) is 3.19. The number of fused-ring (bicyclic) bond motifs is 5. The van der Waals surface area contributed by atoms with E-state index in [9.17, 15) is 0 Å². The highest BCUT2D eigenvalue weighted by atomic mass is 16.5. The molecule has 1 fully saturated rings. The third-order valence-corrected chi connectivity index (χ3v) is 11.2. The highest BCUT2D eigenvalue weighted by Crippen LogP contribution is 2.51. The van der Waals surface area contributed by atoms with E-state index in [0.717, 1.165) is 87.8 Å². The van der Waals surface area contributed by atoms with Crippen LogP contribution >= 0.6 is 0 Å². The number of nitrogens with zero attached hydrogens (tertiary/aromatic N) is 5. The van der Waals surface area contributed by atoms with Crippen LogP contribution in [-0.2, 0) is 0 Å². The number of hydrogen-bond acceptors (Lipinski definition) is 5. The van der Waals surface area contributed by atoms with Gasteiger partial charge in [-0.2, -0.15) is 0 Å². The van der Waals surface area contributed by atoms with Gasteiger partial charge in [0.25, 0.3) is 0 Å². The Hall–Kier alpha value is -6.74. The summed E-state index contributed by atoms with van der Waals surface area (Å²) < 4.78 is 14.0. The Balaban J connectivity index is 0.972. The molecule has 0 amide bonds. The molecule has 6 bridgehead atoms. The molecule has 6 heterocycles. The molecule has 4 aromatic carbocycles. The molecule has 5 aliphatic rings. The van der Waals surface area contributed by atoms with Crippen molar-refractivity contribution in [1.82, 2.24) is 18.8 Å². The molecule has 2 atom stereocenters. The van der Waals surface area contributed by atoms with Gasteiger partial charge in [-0.3, -0.25) is 8.97 Å². The number of benzene rings is 4. The van der Waals surface area contributed by atoms with E-state index in [4.69, 9.17) is 19.5 Å². The van der Waals surface area contributed by atoms with Crippen molar-refractivity contribution in [2.24, 2.45) is 9.98 Å². The van der Waals surface area contributed by atoms with Crippen molar-refractivity contribution in [3.8, 4) is 23.0 Å². The van der Waals surface area contributed by atoms with E-state index in [0.29, 0.717) is 6.04 Å². The zero-order valence-electron chi connectivity index (χ0n) is 33.6. The molecule has 0 spiro atoms. The standard InChI is InChI=1S/C50H46N6O2/c1-55(2,3)37-14-22-41(23-15-37)57-39-18-7-32(8-19-39)49-43-26-11-34(51-43)29-35-12-28-45(52-35)50(48-31-47-46(54(47)48)30-36-13-27-44(49)53-36)33-9-20-40(21-10-33)58-42-24-16-38(17-25-42)56(4,5)6/h7-31,46-47,51H,1-6H3/q+2/b34-29?,36-30-,49-43-,50-45?. The lowest BCUT2D eigenvalue weighted by Crippen LogP contribution is -2.34. The van der Waals surface area contributed by atoms with Gasteiger partial charge in [0.15, 0.2) is 0 Å². The van der Waals surface area contributed by atoms with Crippen molar-refractivity contribution in [2.45, 2.75) is 12.1 Å². The number of hydrogen-bond donors (Lipinski definition) is 1. The molecule has 10 rings (SSSR count). The largest absolute Gasteiger partial charge is 0.457 e. The number of aromatic amines is 1. The zero-order valence-corrected chi connectivity index (χ0v) is 33.6. The Kier molecular flexibility index (Phi) is 8.26. The molecule has 1 saturated heterocycles. The average Bonchev–Trinajstić information content (AvgIpc) is 3.74. The van der Waals surface area contributed by atoms with Crippen molar-refractivity contribution in [3.05, 3.63) is 185 Å². The molecule has 8 heteroatoms. The molecular formula is C50H46N6O2+2. The van der Waals surface area contributed by atoms with Gasteiger partial charge >= 0.3 is 0 Å². The van der Waals surface area contributed by atoms with Gasteiger partial charge in [-0.25, -0.2) is 9.98 Å². The van der Waals surface area contributed by atoms with Crippen LogP contribution in [0.1, 0.15) is 11.1 Å². The van der Waals surface area contributed by atoms with Crippen LogP contribution in [0.3, 0.4) is 0 Å². The third kappa shape index (κ3) is 6.76. The van der Waals surface area contributed by atoms with Gasteiger partial charge in [-0.05, 0) is 114 Å². The first kappa shape index (κ1) is 35.7. The predicted octanol–water partition coefficient (Wildman–Crippen LogP) is 8.25. The van der Waals surface area contributed by atoms with Gasteiger partial charge in [0, 0.05) is 51.8 Å². The molecule has 0 saturated carbocycles. The molecule has 2 unspecified atom stereocenters. The minimum atomic E-state index is 0.243. The van der Waals surface area contributed by atoms with Crippen molar-refractivity contribution in [3.63, 3.8) is 0 Å². The quantitative estimate of drug-likeness (QED) is 0.128. The number of H-pyrrole nitrogens is 1. The lowest BCUT2D eigenvalue weighted by atomic mass is 9.97. The lowest BCUT2D eigenvalue weighted by Gasteiger charge is -2.23. The van der Waals surface area contributed by atoms with Crippen LogP contribution in [0.2, 0.25) is 0 Å². The van der Waals surface area contributed by atoms with Gasteiger partial charge in [-0.15, -0.1) is 0 Å². The molecule has 0 radical (unpaired) electrons. The maximum absolute atomic E-state index is 6.26. The van der Waals surface area contributed by atoms with Gasteiger partial charge in [0.2, 0.25) is 0 Å². The number of ether oxygens (including phenoxy) is 2. The monoisotopic (exact) mass is 762 g/mol. The third-order valence-electron chi connectivity index (χ3n) is 11.2. The van der Waals surface area contributed by atoms with Gasteiger partial charge in [0.1, 0.15) is 34.4 Å². The summed E-state index contributed by atoms with van der Waals surface area (Å²) in [6.45, 7) is 0. The maximum Gasteiger partial charge on any atom is 0.132 e. The molecule has 1 N–H and O–H groups in total. The normalized spacial score (nSPS) is 21.0. The SMILES string of the molecule is C[N+](C)(C)c1ccc(Oc2ccc(C3=C4C=CC(=N4)C=c4cc/c([nH]4)=C(\c4ccc(Oc5ccc([N+](C)(C)C)cc5)cc4)C4=N/C(=C\C5C6C=C3N65)C=C4)cc2)cc1. The first-order chi connectivity index (χ1) is 27.9. The number of allylic oxidation sites excluding steroid dienone is 5. The summed E-state index contributed by atoms with van der Waals surface area (Å²) in [7, 11) is 12.9. The minimum absolute atomic E-state index is 0.243. The van der Waals surface area contributed by atoms with E-state index in [1.807, 2.05) is 48.5 Å². The van der Waals surface area contributed by atoms with Crippen LogP contribution in [-0.4, -0.2) is 75.7 Å². The van der Waals surface area contributed by atoms with E-state index in [1.165, 1.54) is 17.1 Å². The summed E-state index contributed by atoms with van der Waals surface area (Å²) in [6.07, 6.45) is 15.2. The molecular weight excluding hydrogens is 717 g/mol. The maximum atomic E-state index is 6.26. The fraction of sp³-hybridized carbons (Fsp3) is 0.160. The molecule has 286 valence electrons. The molecule has 5 aromatic rings. The summed E-state index contributed by atoms with van der Waals surface area (Å²) in [4.78, 5) is 16.5. The van der Waals surface area contributed by atoms with Gasteiger partial charge < -0.3 is 19.4 Å². The number of quaternary nitrogens is 2. The van der Waals surface area contributed by atoms with Crippen LogP contribution in [0.25, 0.3) is 17.2 Å². The Morgan fingerprint density at radius 2 is 1.07 bits per heavy atom. The number of rotatable bonds is 8. The second kappa shape index (κ2) is 13.4. The van der Waals surface area contributed by atoms with E-state index in [-0.39, 0.29) is 6.04 Å². The molecule has 5 aliphatic heterocycles. The Morgan fingerprint density at radius 1 is 0.534 bits per heavy atom. The van der Waals surface area contributed by atoms with E-state index >= 15 is 0 Å². The van der Waals surface area contributed by atoms with E-state index < -0.39 is 0 Å². The summed E-state index contributed by atoms with van der Waals surface area (Å²) in [5, 5.41) is 1.95. The average molecular weight is 763 g/mol. The number of aliphatic imine (C=N–C) groups is 2. The topological polar surface area (TPSA) is 62.0 Å². The highest BCUT2D eigenvalue weighted by Gasteiger charge is 2.54. The summed E-state index contributed by atoms with van der Waals surface area (Å²) in [6, 6.07) is 38.0. The summed E-state index contributed by atoms with van der Waals surface area (Å²) >= 11 is 0. The van der Waals surface area contributed by atoms with Gasteiger partial charge in [-0.1, -0.05) is 24.3 Å². The Bertz CT molecular complexity index is 2820. The highest BCUT2D eigenvalue weighted by molar-refractivity contribution is 6.30.